The molecule has 0 aromatic carbocycles. The Labute approximate surface area is 104 Å². The van der Waals surface area contributed by atoms with Gasteiger partial charge in [0.2, 0.25) is 0 Å². The van der Waals surface area contributed by atoms with Crippen LogP contribution < -0.4 is 0 Å². The molecular formula is C12H15NOS2. The molecule has 0 atom stereocenters. The normalized spacial score (nSPS) is 10.8. The van der Waals surface area contributed by atoms with E-state index in [-0.39, 0.29) is 0 Å². The molecule has 0 bridgehead atoms. The van der Waals surface area contributed by atoms with Crippen LogP contribution in [-0.4, -0.2) is 4.98 Å². The Morgan fingerprint density at radius 3 is 3.12 bits per heavy atom. The number of thiazole rings is 1. The van der Waals surface area contributed by atoms with Gasteiger partial charge in [0.15, 0.2) is 0 Å². The van der Waals surface area contributed by atoms with Gasteiger partial charge in [-0.2, -0.15) is 0 Å². The quantitative estimate of drug-likeness (QED) is 0.774. The highest BCUT2D eigenvalue weighted by atomic mass is 32.2. The van der Waals surface area contributed by atoms with Crippen LogP contribution >= 0.6 is 23.1 Å². The summed E-state index contributed by atoms with van der Waals surface area (Å²) in [5.41, 5.74) is 1.20. The fourth-order valence-corrected chi connectivity index (χ4v) is 3.22. The van der Waals surface area contributed by atoms with E-state index >= 15 is 0 Å². The maximum Gasteiger partial charge on any atom is 0.113 e. The Hall–Kier alpha value is -0.740. The summed E-state index contributed by atoms with van der Waals surface area (Å²) in [4.78, 5) is 4.59. The Morgan fingerprint density at radius 2 is 2.38 bits per heavy atom. The monoisotopic (exact) mass is 253 g/mol. The molecule has 0 amide bonds. The molecule has 0 radical (unpaired) electrons. The summed E-state index contributed by atoms with van der Waals surface area (Å²) < 4.78 is 5.28. The van der Waals surface area contributed by atoms with Crippen molar-refractivity contribution in [3.05, 3.63) is 40.2 Å². The summed E-state index contributed by atoms with van der Waals surface area (Å²) in [6, 6.07) is 3.94. The number of nitrogens with zero attached hydrogens (tertiary/aromatic N) is 1. The topological polar surface area (TPSA) is 26.0 Å². The van der Waals surface area contributed by atoms with Crippen molar-refractivity contribution in [1.82, 2.24) is 4.98 Å². The van der Waals surface area contributed by atoms with Crippen LogP contribution in [-0.2, 0) is 17.9 Å². The molecule has 0 aliphatic rings. The molecule has 16 heavy (non-hydrogen) atoms. The second kappa shape index (κ2) is 6.11. The van der Waals surface area contributed by atoms with Crippen LogP contribution in [0.15, 0.2) is 28.2 Å². The number of aryl methyl sites for hydroxylation is 1. The Morgan fingerprint density at radius 1 is 1.44 bits per heavy atom. The summed E-state index contributed by atoms with van der Waals surface area (Å²) >= 11 is 3.62. The summed E-state index contributed by atoms with van der Waals surface area (Å²) in [5, 5.41) is 3.43. The van der Waals surface area contributed by atoms with Crippen molar-refractivity contribution in [2.75, 3.05) is 0 Å². The number of furan rings is 1. The molecule has 0 N–H and O–H groups in total. The highest BCUT2D eigenvalue weighted by molar-refractivity contribution is 7.97. The van der Waals surface area contributed by atoms with Gasteiger partial charge in [-0.05, 0) is 25.0 Å². The van der Waals surface area contributed by atoms with Crippen molar-refractivity contribution < 1.29 is 4.42 Å². The van der Waals surface area contributed by atoms with Gasteiger partial charge in [-0.25, -0.2) is 4.98 Å². The molecule has 0 spiro atoms. The maximum atomic E-state index is 5.28. The van der Waals surface area contributed by atoms with Crippen LogP contribution in [0.4, 0.5) is 0 Å². The predicted molar refractivity (Wildman–Crippen MR) is 69.8 cm³/mol. The lowest BCUT2D eigenvalue weighted by atomic mass is 10.3. The van der Waals surface area contributed by atoms with E-state index in [0.29, 0.717) is 0 Å². The lowest BCUT2D eigenvalue weighted by molar-refractivity contribution is 0.530. The number of aromatic nitrogens is 1. The van der Waals surface area contributed by atoms with Gasteiger partial charge in [0, 0.05) is 11.1 Å². The van der Waals surface area contributed by atoms with E-state index in [4.69, 9.17) is 4.42 Å². The predicted octanol–water partition coefficient (Wildman–Crippen LogP) is 4.12. The highest BCUT2D eigenvalue weighted by Gasteiger charge is 2.02. The molecule has 86 valence electrons. The summed E-state index contributed by atoms with van der Waals surface area (Å²) in [6.07, 6.45) is 4.00. The first kappa shape index (κ1) is 11.7. The van der Waals surface area contributed by atoms with E-state index < -0.39 is 0 Å². The van der Waals surface area contributed by atoms with Gasteiger partial charge < -0.3 is 4.42 Å². The molecule has 0 unspecified atom stereocenters. The third-order valence-electron chi connectivity index (χ3n) is 2.14. The van der Waals surface area contributed by atoms with Gasteiger partial charge in [-0.15, -0.1) is 23.1 Å². The minimum absolute atomic E-state index is 0.924. The molecule has 0 fully saturated rings. The van der Waals surface area contributed by atoms with Crippen molar-refractivity contribution in [1.29, 1.82) is 0 Å². The summed E-state index contributed by atoms with van der Waals surface area (Å²) in [7, 11) is 0. The Kier molecular flexibility index (Phi) is 4.48. The summed E-state index contributed by atoms with van der Waals surface area (Å²) in [6.45, 7) is 2.19. The molecule has 4 heteroatoms. The molecule has 0 aliphatic heterocycles. The number of thioether (sulfide) groups is 1. The zero-order valence-corrected chi connectivity index (χ0v) is 10.9. The lowest BCUT2D eigenvalue weighted by Gasteiger charge is -1.95. The number of rotatable bonds is 6. The largest absolute Gasteiger partial charge is 0.468 e. The Bertz CT molecular complexity index is 408. The van der Waals surface area contributed by atoms with Crippen LogP contribution in [0.2, 0.25) is 0 Å². The zero-order valence-electron chi connectivity index (χ0n) is 9.31. The molecule has 2 aromatic heterocycles. The van der Waals surface area contributed by atoms with Crippen LogP contribution in [0, 0.1) is 0 Å². The van der Waals surface area contributed by atoms with Crippen LogP contribution in [0.25, 0.3) is 0 Å². The molecule has 0 saturated carbocycles. The van der Waals surface area contributed by atoms with Crippen molar-refractivity contribution in [3.63, 3.8) is 0 Å². The Balaban J connectivity index is 1.76. The summed E-state index contributed by atoms with van der Waals surface area (Å²) in [5.74, 6) is 2.93. The lowest BCUT2D eigenvalue weighted by Crippen LogP contribution is -1.85. The average molecular weight is 253 g/mol. The van der Waals surface area contributed by atoms with Gasteiger partial charge >= 0.3 is 0 Å². The van der Waals surface area contributed by atoms with Crippen molar-refractivity contribution in [3.8, 4) is 0 Å². The van der Waals surface area contributed by atoms with E-state index in [1.165, 1.54) is 17.1 Å². The average Bonchev–Trinajstić information content (AvgIpc) is 2.90. The minimum Gasteiger partial charge on any atom is -0.468 e. The number of hydrogen-bond acceptors (Lipinski definition) is 4. The zero-order chi connectivity index (χ0) is 11.2. The fraction of sp³-hybridized carbons (Fsp3) is 0.417. The smallest absolute Gasteiger partial charge is 0.113 e. The molecule has 2 aromatic rings. The van der Waals surface area contributed by atoms with Gasteiger partial charge in [0.05, 0.1) is 22.7 Å². The molecular weight excluding hydrogens is 238 g/mol. The molecule has 0 saturated heterocycles. The van der Waals surface area contributed by atoms with E-state index in [0.717, 1.165) is 23.7 Å². The molecule has 0 aliphatic carbocycles. The highest BCUT2D eigenvalue weighted by Crippen LogP contribution is 2.20. The fourth-order valence-electron chi connectivity index (χ4n) is 1.39. The molecule has 2 heterocycles. The first-order valence-electron chi connectivity index (χ1n) is 5.42. The van der Waals surface area contributed by atoms with E-state index in [1.54, 1.807) is 17.6 Å². The first-order valence-corrected chi connectivity index (χ1v) is 7.45. The second-order valence-corrected chi connectivity index (χ2v) is 5.48. The molecule has 2 rings (SSSR count). The third kappa shape index (κ3) is 3.39. The van der Waals surface area contributed by atoms with Crippen molar-refractivity contribution >= 4 is 23.1 Å². The van der Waals surface area contributed by atoms with Crippen LogP contribution in [0.1, 0.15) is 29.8 Å². The third-order valence-corrected chi connectivity index (χ3v) is 4.08. The SMILES string of the molecule is CCCc1nc(CSCc2ccco2)cs1. The van der Waals surface area contributed by atoms with Gasteiger partial charge in [0.25, 0.3) is 0 Å². The van der Waals surface area contributed by atoms with E-state index in [1.807, 2.05) is 23.9 Å². The van der Waals surface area contributed by atoms with Gasteiger partial charge in [-0.1, -0.05) is 6.92 Å². The molecule has 2 nitrogen and oxygen atoms in total. The number of hydrogen-bond donors (Lipinski definition) is 0. The minimum atomic E-state index is 0.924. The van der Waals surface area contributed by atoms with Gasteiger partial charge in [-0.3, -0.25) is 0 Å². The van der Waals surface area contributed by atoms with Crippen LogP contribution in [0.3, 0.4) is 0 Å². The standard InChI is InChI=1S/C12H15NOS2/c1-2-4-12-13-10(8-16-12)7-15-9-11-5-3-6-14-11/h3,5-6,8H,2,4,7,9H2,1H3. The maximum absolute atomic E-state index is 5.28. The van der Waals surface area contributed by atoms with E-state index in [2.05, 4.69) is 17.3 Å². The van der Waals surface area contributed by atoms with Crippen molar-refractivity contribution in [2.45, 2.75) is 31.3 Å². The van der Waals surface area contributed by atoms with Crippen LogP contribution in [0.5, 0.6) is 0 Å². The van der Waals surface area contributed by atoms with Crippen molar-refractivity contribution in [2.24, 2.45) is 0 Å². The van der Waals surface area contributed by atoms with E-state index in [9.17, 15) is 0 Å². The first-order chi connectivity index (χ1) is 7.88. The van der Waals surface area contributed by atoms with Gasteiger partial charge in [0.1, 0.15) is 5.76 Å². The second-order valence-electron chi connectivity index (χ2n) is 3.55.